The van der Waals surface area contributed by atoms with E-state index in [-0.39, 0.29) is 17.4 Å². The fraction of sp³-hybridized carbons (Fsp3) is 0.300. The van der Waals surface area contributed by atoms with E-state index in [9.17, 15) is 9.59 Å². The van der Waals surface area contributed by atoms with Crippen molar-refractivity contribution >= 4 is 16.8 Å². The highest BCUT2D eigenvalue weighted by Crippen LogP contribution is 2.29. The highest BCUT2D eigenvalue weighted by Gasteiger charge is 2.31. The quantitative estimate of drug-likeness (QED) is 0.311. The zero-order chi connectivity index (χ0) is 24.9. The molecule has 0 bridgehead atoms. The van der Waals surface area contributed by atoms with Crippen LogP contribution in [0.3, 0.4) is 0 Å². The SMILES string of the molecule is CCCN(C(=O)C(CC)c1ccccc1)C(C)c1nc2ccccc2c(=O)n1-c1cccc(C)c1. The van der Waals surface area contributed by atoms with Gasteiger partial charge in [0, 0.05) is 6.54 Å². The molecule has 1 aromatic heterocycles. The maximum atomic E-state index is 13.9. The second-order valence-electron chi connectivity index (χ2n) is 9.05. The predicted molar refractivity (Wildman–Crippen MR) is 142 cm³/mol. The van der Waals surface area contributed by atoms with Crippen molar-refractivity contribution in [2.75, 3.05) is 6.54 Å². The third-order valence-electron chi connectivity index (χ3n) is 6.56. The van der Waals surface area contributed by atoms with E-state index in [4.69, 9.17) is 4.98 Å². The van der Waals surface area contributed by atoms with E-state index >= 15 is 0 Å². The molecular formula is C30H33N3O2. The first-order valence-corrected chi connectivity index (χ1v) is 12.4. The summed E-state index contributed by atoms with van der Waals surface area (Å²) >= 11 is 0. The highest BCUT2D eigenvalue weighted by atomic mass is 16.2. The Bertz CT molecular complexity index is 1380. The van der Waals surface area contributed by atoms with Crippen LogP contribution in [-0.2, 0) is 4.79 Å². The van der Waals surface area contributed by atoms with Crippen LogP contribution in [0.2, 0.25) is 0 Å². The van der Waals surface area contributed by atoms with Crippen molar-refractivity contribution in [3.8, 4) is 5.69 Å². The molecular weight excluding hydrogens is 434 g/mol. The minimum atomic E-state index is -0.391. The van der Waals surface area contributed by atoms with E-state index in [1.54, 1.807) is 4.57 Å². The minimum absolute atomic E-state index is 0.0613. The van der Waals surface area contributed by atoms with Gasteiger partial charge in [-0.3, -0.25) is 14.2 Å². The van der Waals surface area contributed by atoms with Crippen molar-refractivity contribution in [2.45, 2.75) is 52.5 Å². The van der Waals surface area contributed by atoms with E-state index < -0.39 is 6.04 Å². The van der Waals surface area contributed by atoms with E-state index in [0.717, 1.165) is 23.2 Å². The van der Waals surface area contributed by atoms with Crippen molar-refractivity contribution < 1.29 is 4.79 Å². The molecule has 4 rings (SSSR count). The fourth-order valence-corrected chi connectivity index (χ4v) is 4.76. The molecule has 5 heteroatoms. The van der Waals surface area contributed by atoms with E-state index in [0.29, 0.717) is 29.7 Å². The van der Waals surface area contributed by atoms with Crippen LogP contribution < -0.4 is 5.56 Å². The summed E-state index contributed by atoms with van der Waals surface area (Å²) in [7, 11) is 0. The van der Waals surface area contributed by atoms with Crippen molar-refractivity contribution in [1.82, 2.24) is 14.5 Å². The van der Waals surface area contributed by atoms with E-state index in [2.05, 4.69) is 6.92 Å². The largest absolute Gasteiger partial charge is 0.332 e. The summed E-state index contributed by atoms with van der Waals surface area (Å²) in [6.07, 6.45) is 1.51. The van der Waals surface area contributed by atoms with Crippen molar-refractivity contribution in [2.24, 2.45) is 0 Å². The Morgan fingerprint density at radius 3 is 2.37 bits per heavy atom. The number of para-hydroxylation sites is 1. The smallest absolute Gasteiger partial charge is 0.266 e. The third-order valence-corrected chi connectivity index (χ3v) is 6.56. The summed E-state index contributed by atoms with van der Waals surface area (Å²) < 4.78 is 1.68. The summed E-state index contributed by atoms with van der Waals surface area (Å²) in [5, 5.41) is 0.564. The summed E-state index contributed by atoms with van der Waals surface area (Å²) in [6, 6.07) is 24.8. The average molecular weight is 468 g/mol. The molecule has 180 valence electrons. The number of benzene rings is 3. The van der Waals surface area contributed by atoms with Gasteiger partial charge >= 0.3 is 0 Å². The molecule has 0 aliphatic rings. The van der Waals surface area contributed by atoms with Crippen LogP contribution in [-0.4, -0.2) is 26.9 Å². The standard InChI is InChI=1S/C30H33N3O2/c1-5-19-32(29(34)25(6-2)23-14-8-7-9-15-23)22(4)28-31-27-18-11-10-17-26(27)30(35)33(28)24-16-12-13-21(3)20-24/h7-18,20,22,25H,5-6,19H2,1-4H3. The Hall–Kier alpha value is -3.73. The van der Waals surface area contributed by atoms with Gasteiger partial charge in [0.1, 0.15) is 5.82 Å². The molecule has 0 aliphatic heterocycles. The van der Waals surface area contributed by atoms with Crippen LogP contribution in [0.15, 0.2) is 83.7 Å². The van der Waals surface area contributed by atoms with Gasteiger partial charge in [-0.15, -0.1) is 0 Å². The molecule has 0 spiro atoms. The van der Waals surface area contributed by atoms with Gasteiger partial charge < -0.3 is 4.90 Å². The number of aryl methyl sites for hydroxylation is 1. The molecule has 5 nitrogen and oxygen atoms in total. The Kier molecular flexibility index (Phi) is 7.45. The molecule has 0 saturated heterocycles. The van der Waals surface area contributed by atoms with Crippen molar-refractivity contribution in [1.29, 1.82) is 0 Å². The van der Waals surface area contributed by atoms with Gasteiger partial charge in [-0.25, -0.2) is 4.98 Å². The first-order valence-electron chi connectivity index (χ1n) is 12.4. The van der Waals surface area contributed by atoms with Gasteiger partial charge in [-0.1, -0.05) is 68.4 Å². The maximum absolute atomic E-state index is 13.9. The second kappa shape index (κ2) is 10.7. The lowest BCUT2D eigenvalue weighted by molar-refractivity contribution is -0.135. The Labute approximate surface area is 207 Å². The lowest BCUT2D eigenvalue weighted by atomic mass is 9.94. The van der Waals surface area contributed by atoms with Crippen molar-refractivity contribution in [3.05, 3.63) is 106 Å². The summed E-state index contributed by atoms with van der Waals surface area (Å²) in [5.74, 6) is 0.389. The Balaban J connectivity index is 1.88. The highest BCUT2D eigenvalue weighted by molar-refractivity contribution is 5.84. The van der Waals surface area contributed by atoms with Crippen molar-refractivity contribution in [3.63, 3.8) is 0 Å². The molecule has 2 unspecified atom stereocenters. The number of hydrogen-bond donors (Lipinski definition) is 0. The van der Waals surface area contributed by atoms with Crippen LogP contribution in [0.4, 0.5) is 0 Å². The van der Waals surface area contributed by atoms with Gasteiger partial charge in [0.2, 0.25) is 5.91 Å². The summed E-state index contributed by atoms with van der Waals surface area (Å²) in [4.78, 5) is 34.5. The predicted octanol–water partition coefficient (Wildman–Crippen LogP) is 6.19. The topological polar surface area (TPSA) is 55.2 Å². The zero-order valence-electron chi connectivity index (χ0n) is 20.9. The van der Waals surface area contributed by atoms with Gasteiger partial charge in [-0.05, 0) is 62.1 Å². The second-order valence-corrected chi connectivity index (χ2v) is 9.05. The zero-order valence-corrected chi connectivity index (χ0v) is 20.9. The Morgan fingerprint density at radius 2 is 1.69 bits per heavy atom. The molecule has 0 fully saturated rings. The van der Waals surface area contributed by atoms with Gasteiger partial charge in [0.05, 0.1) is 28.6 Å². The molecule has 1 heterocycles. The van der Waals surface area contributed by atoms with Crippen LogP contribution in [0.1, 0.15) is 62.5 Å². The average Bonchev–Trinajstić information content (AvgIpc) is 2.88. The molecule has 3 aromatic carbocycles. The minimum Gasteiger partial charge on any atom is -0.332 e. The summed E-state index contributed by atoms with van der Waals surface area (Å²) in [5.41, 5.74) is 3.34. The van der Waals surface area contributed by atoms with E-state index in [1.165, 1.54) is 0 Å². The number of carbonyl (C=O) groups excluding carboxylic acids is 1. The van der Waals surface area contributed by atoms with Gasteiger partial charge in [0.15, 0.2) is 0 Å². The first-order chi connectivity index (χ1) is 17.0. The Morgan fingerprint density at radius 1 is 0.971 bits per heavy atom. The van der Waals surface area contributed by atoms with Crippen LogP contribution in [0.25, 0.3) is 16.6 Å². The lowest BCUT2D eigenvalue weighted by Crippen LogP contribution is -2.40. The van der Waals surface area contributed by atoms with E-state index in [1.807, 2.05) is 105 Å². The third kappa shape index (κ3) is 4.90. The number of rotatable bonds is 8. The molecule has 2 atom stereocenters. The van der Waals surface area contributed by atoms with Gasteiger partial charge in [0.25, 0.3) is 5.56 Å². The number of aromatic nitrogens is 2. The molecule has 1 amide bonds. The molecule has 4 aromatic rings. The molecule has 0 saturated carbocycles. The molecule has 0 radical (unpaired) electrons. The molecule has 0 N–H and O–H groups in total. The number of nitrogens with zero attached hydrogens (tertiary/aromatic N) is 3. The monoisotopic (exact) mass is 467 g/mol. The number of fused-ring (bicyclic) bond motifs is 1. The normalized spacial score (nSPS) is 12.9. The fourth-order valence-electron chi connectivity index (χ4n) is 4.76. The summed E-state index contributed by atoms with van der Waals surface area (Å²) in [6.45, 7) is 8.68. The number of hydrogen-bond acceptors (Lipinski definition) is 3. The lowest BCUT2D eigenvalue weighted by Gasteiger charge is -2.33. The molecule has 0 aliphatic carbocycles. The van der Waals surface area contributed by atoms with Gasteiger partial charge in [-0.2, -0.15) is 0 Å². The number of amides is 1. The van der Waals surface area contributed by atoms with Crippen LogP contribution in [0.5, 0.6) is 0 Å². The van der Waals surface area contributed by atoms with Crippen LogP contribution >= 0.6 is 0 Å². The first kappa shape index (κ1) is 24.4. The van der Waals surface area contributed by atoms with Crippen LogP contribution in [0, 0.1) is 6.92 Å². The molecule has 35 heavy (non-hydrogen) atoms. The number of carbonyl (C=O) groups is 1. The maximum Gasteiger partial charge on any atom is 0.266 e.